The van der Waals surface area contributed by atoms with Crippen LogP contribution in [0.2, 0.25) is 0 Å². The molecule has 40 heavy (non-hydrogen) atoms. The van der Waals surface area contributed by atoms with Crippen molar-refractivity contribution >= 4 is 35.2 Å². The molecule has 0 spiro atoms. The van der Waals surface area contributed by atoms with Gasteiger partial charge in [-0.25, -0.2) is 0 Å². The lowest BCUT2D eigenvalue weighted by Crippen LogP contribution is -1.91. The summed E-state index contributed by atoms with van der Waals surface area (Å²) in [5.41, 5.74) is 2.40. The minimum atomic E-state index is -0.561. The van der Waals surface area contributed by atoms with Crippen molar-refractivity contribution in [2.45, 2.75) is 0 Å². The highest BCUT2D eigenvalue weighted by Crippen LogP contribution is 2.37. The number of nitro groups is 2. The summed E-state index contributed by atoms with van der Waals surface area (Å²) in [6, 6.07) is 17.8. The first-order valence-corrected chi connectivity index (χ1v) is 11.6. The molecule has 0 heterocycles. The average molecular weight is 543 g/mol. The Morgan fingerprint density at radius 2 is 1.05 bits per heavy atom. The predicted octanol–water partition coefficient (Wildman–Crippen LogP) is 6.10. The molecule has 0 saturated carbocycles. The number of phenolic OH excluding ortho intramolecular Hbond substituents is 2. The molecule has 0 saturated heterocycles. The fraction of sp³-hybridized carbons (Fsp3) is 0.0714. The summed E-state index contributed by atoms with van der Waals surface area (Å²) in [5.74, 6) is 0.530. The Morgan fingerprint density at radius 3 is 1.40 bits per heavy atom. The van der Waals surface area contributed by atoms with Crippen molar-refractivity contribution < 1.29 is 29.5 Å². The van der Waals surface area contributed by atoms with Crippen LogP contribution in [0.5, 0.6) is 23.0 Å². The molecule has 0 atom stereocenters. The first kappa shape index (κ1) is 27.3. The average Bonchev–Trinajstić information content (AvgIpc) is 2.95. The molecule has 0 aliphatic heterocycles. The quantitative estimate of drug-likeness (QED) is 0.145. The minimum absolute atomic E-state index is 0.152. The minimum Gasteiger partial charge on any atom is -0.507 e. The lowest BCUT2D eigenvalue weighted by Gasteiger charge is -2.11. The van der Waals surface area contributed by atoms with Crippen molar-refractivity contribution in [1.29, 1.82) is 0 Å². The summed E-state index contributed by atoms with van der Waals surface area (Å²) in [5, 5.41) is 42.1. The molecule has 0 bridgehead atoms. The Morgan fingerprint density at radius 1 is 0.650 bits per heavy atom. The third kappa shape index (κ3) is 6.02. The Labute approximate surface area is 227 Å². The first-order valence-electron chi connectivity index (χ1n) is 11.6. The lowest BCUT2D eigenvalue weighted by molar-refractivity contribution is -0.385. The molecule has 202 valence electrons. The zero-order valence-corrected chi connectivity index (χ0v) is 21.2. The number of benzene rings is 4. The fourth-order valence-electron chi connectivity index (χ4n) is 3.72. The molecular weight excluding hydrogens is 520 g/mol. The molecule has 0 amide bonds. The van der Waals surface area contributed by atoms with E-state index in [0.717, 1.165) is 11.1 Å². The van der Waals surface area contributed by atoms with E-state index in [2.05, 4.69) is 9.98 Å². The first-order chi connectivity index (χ1) is 19.2. The number of aliphatic imine (C=N–C) groups is 2. The van der Waals surface area contributed by atoms with E-state index < -0.39 is 9.85 Å². The van der Waals surface area contributed by atoms with Crippen molar-refractivity contribution in [3.63, 3.8) is 0 Å². The molecule has 0 aliphatic carbocycles. The van der Waals surface area contributed by atoms with Crippen LogP contribution in [-0.2, 0) is 0 Å². The van der Waals surface area contributed by atoms with Gasteiger partial charge in [-0.3, -0.25) is 30.2 Å². The summed E-state index contributed by atoms with van der Waals surface area (Å²) in [4.78, 5) is 29.6. The van der Waals surface area contributed by atoms with Gasteiger partial charge in [0.2, 0.25) is 0 Å². The van der Waals surface area contributed by atoms with Gasteiger partial charge in [0, 0.05) is 47.8 Å². The van der Waals surface area contributed by atoms with Gasteiger partial charge in [-0.2, -0.15) is 0 Å². The van der Waals surface area contributed by atoms with E-state index in [-0.39, 0.29) is 34.0 Å². The molecular formula is C28H22N4O8. The molecule has 4 aromatic carbocycles. The summed E-state index contributed by atoms with van der Waals surface area (Å²) >= 11 is 0. The van der Waals surface area contributed by atoms with Gasteiger partial charge in [0.1, 0.15) is 34.4 Å². The maximum absolute atomic E-state index is 11.0. The second kappa shape index (κ2) is 11.7. The van der Waals surface area contributed by atoms with Crippen LogP contribution in [0.15, 0.2) is 82.8 Å². The van der Waals surface area contributed by atoms with E-state index in [1.807, 2.05) is 0 Å². The molecule has 0 aliphatic rings. The van der Waals surface area contributed by atoms with Crippen molar-refractivity contribution in [2.75, 3.05) is 14.2 Å². The topological polar surface area (TPSA) is 170 Å². The van der Waals surface area contributed by atoms with Crippen LogP contribution >= 0.6 is 0 Å². The molecule has 0 unspecified atom stereocenters. The number of nitro benzene ring substituents is 2. The molecule has 12 nitrogen and oxygen atoms in total. The Hall–Kier alpha value is -5.78. The number of non-ortho nitro benzene ring substituents is 2. The van der Waals surface area contributed by atoms with E-state index in [9.17, 15) is 30.4 Å². The number of hydrogen-bond acceptors (Lipinski definition) is 10. The van der Waals surface area contributed by atoms with Crippen molar-refractivity contribution in [3.05, 3.63) is 104 Å². The van der Waals surface area contributed by atoms with Gasteiger partial charge < -0.3 is 19.7 Å². The molecule has 0 fully saturated rings. The van der Waals surface area contributed by atoms with E-state index in [0.29, 0.717) is 22.9 Å². The van der Waals surface area contributed by atoms with Crippen molar-refractivity contribution in [2.24, 2.45) is 9.98 Å². The van der Waals surface area contributed by atoms with Gasteiger partial charge in [-0.15, -0.1) is 0 Å². The van der Waals surface area contributed by atoms with Crippen LogP contribution < -0.4 is 9.47 Å². The SMILES string of the molecule is COc1cc(-c2ccc(N=Cc3cc([N+](=O)[O-])ccc3O)c(OC)c2)ccc1N=Cc1cc([N+](=O)[O-])ccc1O. The molecule has 0 radical (unpaired) electrons. The second-order valence-electron chi connectivity index (χ2n) is 8.29. The second-order valence-corrected chi connectivity index (χ2v) is 8.29. The summed E-state index contributed by atoms with van der Waals surface area (Å²) < 4.78 is 11.0. The lowest BCUT2D eigenvalue weighted by atomic mass is 10.0. The van der Waals surface area contributed by atoms with E-state index in [1.54, 1.807) is 36.4 Å². The molecule has 4 aromatic rings. The zero-order chi connectivity index (χ0) is 28.8. The van der Waals surface area contributed by atoms with Crippen LogP contribution in [0.4, 0.5) is 22.7 Å². The number of ether oxygens (including phenoxy) is 2. The van der Waals surface area contributed by atoms with Gasteiger partial charge in [0.05, 0.1) is 24.1 Å². The van der Waals surface area contributed by atoms with E-state index >= 15 is 0 Å². The number of rotatable bonds is 9. The fourth-order valence-corrected chi connectivity index (χ4v) is 3.72. The predicted molar refractivity (Wildman–Crippen MR) is 149 cm³/mol. The molecule has 2 N–H and O–H groups in total. The van der Waals surface area contributed by atoms with Crippen LogP contribution in [0, 0.1) is 20.2 Å². The molecule has 0 aromatic heterocycles. The maximum Gasteiger partial charge on any atom is 0.270 e. The number of methoxy groups -OCH3 is 2. The number of phenols is 2. The van der Waals surface area contributed by atoms with Crippen molar-refractivity contribution in [3.8, 4) is 34.1 Å². The van der Waals surface area contributed by atoms with Gasteiger partial charge in [0.15, 0.2) is 0 Å². The number of nitrogens with zero attached hydrogens (tertiary/aromatic N) is 4. The summed E-state index contributed by atoms with van der Waals surface area (Å²) in [6.45, 7) is 0. The normalized spacial score (nSPS) is 11.2. The zero-order valence-electron chi connectivity index (χ0n) is 21.2. The van der Waals surface area contributed by atoms with Crippen LogP contribution in [0.1, 0.15) is 11.1 Å². The number of hydrogen-bond donors (Lipinski definition) is 2. The smallest absolute Gasteiger partial charge is 0.270 e. The highest BCUT2D eigenvalue weighted by atomic mass is 16.6. The van der Waals surface area contributed by atoms with Gasteiger partial charge >= 0.3 is 0 Å². The monoisotopic (exact) mass is 542 g/mol. The Bertz CT molecular complexity index is 1540. The Kier molecular flexibility index (Phi) is 7.99. The molecule has 12 heteroatoms. The molecule has 4 rings (SSSR count). The van der Waals surface area contributed by atoms with E-state index in [1.165, 1.54) is 63.0 Å². The van der Waals surface area contributed by atoms with Crippen molar-refractivity contribution in [1.82, 2.24) is 0 Å². The van der Waals surface area contributed by atoms with Gasteiger partial charge in [-0.1, -0.05) is 12.1 Å². The third-order valence-corrected chi connectivity index (χ3v) is 5.82. The maximum atomic E-state index is 11.0. The van der Waals surface area contributed by atoms with Gasteiger partial charge in [0.25, 0.3) is 11.4 Å². The van der Waals surface area contributed by atoms with E-state index in [4.69, 9.17) is 9.47 Å². The highest BCUT2D eigenvalue weighted by molar-refractivity contribution is 5.88. The number of aromatic hydroxyl groups is 2. The van der Waals surface area contributed by atoms with Crippen LogP contribution in [0.25, 0.3) is 11.1 Å². The summed E-state index contributed by atoms with van der Waals surface area (Å²) in [7, 11) is 2.95. The Balaban J connectivity index is 1.61. The van der Waals surface area contributed by atoms with Crippen LogP contribution in [-0.4, -0.2) is 46.7 Å². The summed E-state index contributed by atoms with van der Waals surface area (Å²) in [6.07, 6.45) is 2.63. The standard InChI is InChI=1S/C28H22N4O8/c1-39-27-13-17(3-7-23(27)29-15-19-11-21(31(35)36)5-9-25(19)33)18-4-8-24(28(14-18)40-2)30-16-20-12-22(32(37)38)6-10-26(20)34/h3-16,33-34H,1-2H3. The van der Waals surface area contributed by atoms with Crippen LogP contribution in [0.3, 0.4) is 0 Å². The van der Waals surface area contributed by atoms with Gasteiger partial charge in [-0.05, 0) is 47.5 Å². The largest absolute Gasteiger partial charge is 0.507 e. The third-order valence-electron chi connectivity index (χ3n) is 5.82. The highest BCUT2D eigenvalue weighted by Gasteiger charge is 2.12.